The molecular weight excluding hydrogens is 371 g/mol. The van der Waals surface area contributed by atoms with Crippen molar-refractivity contribution in [3.63, 3.8) is 0 Å². The molecule has 1 saturated heterocycles. The zero-order valence-corrected chi connectivity index (χ0v) is 16.2. The van der Waals surface area contributed by atoms with Crippen molar-refractivity contribution in [1.29, 1.82) is 5.26 Å². The first kappa shape index (κ1) is 19.2. The topological polar surface area (TPSA) is 99.5 Å². The Labute approximate surface area is 157 Å². The molecule has 2 heterocycles. The smallest absolute Gasteiger partial charge is 0.239 e. The molecule has 9 heteroatoms. The molecule has 1 aromatic heterocycles. The molecule has 0 spiro atoms. The number of ether oxygens (including phenoxy) is 1. The predicted molar refractivity (Wildman–Crippen MR) is 98.0 cm³/mol. The summed E-state index contributed by atoms with van der Waals surface area (Å²) in [6.07, 6.45) is -0.0408. The van der Waals surface area contributed by atoms with Crippen molar-refractivity contribution in [3.05, 3.63) is 41.3 Å². The fourth-order valence-corrected chi connectivity index (χ4v) is 3.12. The summed E-state index contributed by atoms with van der Waals surface area (Å²) in [5.74, 6) is -0.458. The van der Waals surface area contributed by atoms with Crippen LogP contribution < -0.4 is 4.31 Å². The molecule has 0 N–H and O–H groups in total. The van der Waals surface area contributed by atoms with Crippen molar-refractivity contribution < 1.29 is 17.5 Å². The maximum absolute atomic E-state index is 13.4. The molecule has 0 saturated carbocycles. The minimum atomic E-state index is -3.57. The summed E-state index contributed by atoms with van der Waals surface area (Å²) in [5.41, 5.74) is 2.25. The quantitative estimate of drug-likeness (QED) is 0.728. The van der Waals surface area contributed by atoms with E-state index >= 15 is 0 Å². The van der Waals surface area contributed by atoms with Crippen LogP contribution in [0.15, 0.2) is 24.3 Å². The first-order valence-corrected chi connectivity index (χ1v) is 10.1. The van der Waals surface area contributed by atoms with Gasteiger partial charge in [0.05, 0.1) is 23.7 Å². The lowest BCUT2D eigenvalue weighted by atomic mass is 9.95. The van der Waals surface area contributed by atoms with Gasteiger partial charge >= 0.3 is 0 Å². The maximum atomic E-state index is 13.4. The molecule has 2 aromatic rings. The fraction of sp³-hybridized carbons (Fsp3) is 0.389. The molecule has 1 fully saturated rings. The van der Waals surface area contributed by atoms with Gasteiger partial charge in [-0.25, -0.2) is 27.1 Å². The van der Waals surface area contributed by atoms with E-state index in [9.17, 15) is 12.8 Å². The van der Waals surface area contributed by atoms with Gasteiger partial charge in [-0.1, -0.05) is 13.8 Å². The standard InChI is InChI=1S/C18H19FN4O3S/c1-10(2)15-14(17-13(9-20)26-17)16(11-5-7-12(19)8-6-11)22-18(21-15)23(3)27(4,24)25/h5-8,10,13,17H,1-4H3. The number of aromatic nitrogens is 2. The van der Waals surface area contributed by atoms with Crippen LogP contribution in [0.5, 0.6) is 0 Å². The highest BCUT2D eigenvalue weighted by molar-refractivity contribution is 7.92. The van der Waals surface area contributed by atoms with Crippen LogP contribution >= 0.6 is 0 Å². The van der Waals surface area contributed by atoms with E-state index in [0.717, 1.165) is 10.6 Å². The molecule has 0 aliphatic carbocycles. The number of anilines is 1. The number of nitriles is 1. The van der Waals surface area contributed by atoms with Crippen LogP contribution in [0.4, 0.5) is 10.3 Å². The van der Waals surface area contributed by atoms with Crippen LogP contribution in [-0.2, 0) is 14.8 Å². The molecule has 27 heavy (non-hydrogen) atoms. The summed E-state index contributed by atoms with van der Waals surface area (Å²) in [5, 5.41) is 9.16. The van der Waals surface area contributed by atoms with E-state index < -0.39 is 28.0 Å². The summed E-state index contributed by atoms with van der Waals surface area (Å²) in [4.78, 5) is 8.88. The molecule has 1 aliphatic rings. The average molecular weight is 390 g/mol. The summed E-state index contributed by atoms with van der Waals surface area (Å²) in [6.45, 7) is 3.82. The molecule has 0 radical (unpaired) electrons. The second kappa shape index (κ2) is 6.87. The van der Waals surface area contributed by atoms with Gasteiger partial charge in [0.1, 0.15) is 11.9 Å². The Hall–Kier alpha value is -2.57. The van der Waals surface area contributed by atoms with E-state index in [1.807, 2.05) is 13.8 Å². The van der Waals surface area contributed by atoms with Crippen LogP contribution in [0, 0.1) is 17.1 Å². The summed E-state index contributed by atoms with van der Waals surface area (Å²) in [7, 11) is -2.20. The third kappa shape index (κ3) is 3.77. The van der Waals surface area contributed by atoms with E-state index in [0.29, 0.717) is 22.5 Å². The molecule has 0 amide bonds. The highest BCUT2D eigenvalue weighted by Crippen LogP contribution is 2.45. The summed E-state index contributed by atoms with van der Waals surface area (Å²) >= 11 is 0. The largest absolute Gasteiger partial charge is 0.348 e. The molecule has 2 atom stereocenters. The zero-order valence-electron chi connectivity index (χ0n) is 15.3. The zero-order chi connectivity index (χ0) is 19.9. The van der Waals surface area contributed by atoms with Gasteiger partial charge in [0, 0.05) is 18.2 Å². The third-order valence-corrected chi connectivity index (χ3v) is 5.47. The van der Waals surface area contributed by atoms with Crippen LogP contribution in [0.25, 0.3) is 11.3 Å². The number of epoxide rings is 1. The number of rotatable bonds is 5. The minimum Gasteiger partial charge on any atom is -0.348 e. The van der Waals surface area contributed by atoms with Gasteiger partial charge in [0.2, 0.25) is 16.0 Å². The number of halogens is 1. The second-order valence-corrected chi connectivity index (χ2v) is 8.68. The Morgan fingerprint density at radius 1 is 1.26 bits per heavy atom. The van der Waals surface area contributed by atoms with Gasteiger partial charge < -0.3 is 4.74 Å². The van der Waals surface area contributed by atoms with Crippen LogP contribution in [-0.4, -0.2) is 37.8 Å². The van der Waals surface area contributed by atoms with Gasteiger partial charge in [-0.3, -0.25) is 0 Å². The van der Waals surface area contributed by atoms with Crippen molar-refractivity contribution in [2.24, 2.45) is 0 Å². The summed E-state index contributed by atoms with van der Waals surface area (Å²) in [6, 6.07) is 7.76. The number of hydrogen-bond donors (Lipinski definition) is 0. The lowest BCUT2D eigenvalue weighted by Crippen LogP contribution is -2.28. The Bertz CT molecular complexity index is 1020. The Kier molecular flexibility index (Phi) is 4.88. The van der Waals surface area contributed by atoms with Crippen molar-refractivity contribution in [2.45, 2.75) is 32.0 Å². The van der Waals surface area contributed by atoms with Gasteiger partial charge in [-0.05, 0) is 30.2 Å². The van der Waals surface area contributed by atoms with Gasteiger partial charge in [-0.2, -0.15) is 5.26 Å². The predicted octanol–water partition coefficient (Wildman–Crippen LogP) is 2.77. The van der Waals surface area contributed by atoms with E-state index in [1.165, 1.54) is 19.2 Å². The van der Waals surface area contributed by atoms with Crippen molar-refractivity contribution in [3.8, 4) is 17.3 Å². The normalized spacial score (nSPS) is 19.0. The van der Waals surface area contributed by atoms with E-state index in [-0.39, 0.29) is 11.9 Å². The molecule has 0 bridgehead atoms. The Morgan fingerprint density at radius 3 is 2.37 bits per heavy atom. The molecule has 1 aromatic carbocycles. The molecule has 1 aliphatic heterocycles. The molecule has 2 unspecified atom stereocenters. The van der Waals surface area contributed by atoms with Gasteiger partial charge in [-0.15, -0.1) is 0 Å². The molecule has 142 valence electrons. The Balaban J connectivity index is 2.28. The lowest BCUT2D eigenvalue weighted by Gasteiger charge is -2.20. The Morgan fingerprint density at radius 2 is 1.89 bits per heavy atom. The number of hydrogen-bond acceptors (Lipinski definition) is 6. The number of sulfonamides is 1. The third-order valence-electron chi connectivity index (χ3n) is 4.31. The van der Waals surface area contributed by atoms with Crippen molar-refractivity contribution in [1.82, 2.24) is 9.97 Å². The lowest BCUT2D eigenvalue weighted by molar-refractivity contribution is 0.394. The maximum Gasteiger partial charge on any atom is 0.239 e. The van der Waals surface area contributed by atoms with Crippen molar-refractivity contribution in [2.75, 3.05) is 17.6 Å². The van der Waals surface area contributed by atoms with Crippen LogP contribution in [0.1, 0.15) is 37.1 Å². The highest BCUT2D eigenvalue weighted by atomic mass is 32.2. The average Bonchev–Trinajstić information content (AvgIpc) is 3.39. The highest BCUT2D eigenvalue weighted by Gasteiger charge is 2.45. The van der Waals surface area contributed by atoms with E-state index in [1.54, 1.807) is 12.1 Å². The van der Waals surface area contributed by atoms with Crippen LogP contribution in [0.3, 0.4) is 0 Å². The minimum absolute atomic E-state index is 0.0124. The van der Waals surface area contributed by atoms with Crippen molar-refractivity contribution >= 4 is 16.0 Å². The van der Waals surface area contributed by atoms with Gasteiger partial charge in [0.15, 0.2) is 6.10 Å². The number of nitrogens with zero attached hydrogens (tertiary/aromatic N) is 4. The molecular formula is C18H19FN4O3S. The van der Waals surface area contributed by atoms with Crippen LogP contribution in [0.2, 0.25) is 0 Å². The monoisotopic (exact) mass is 390 g/mol. The SMILES string of the molecule is CC(C)c1nc(N(C)S(C)(=O)=O)nc(-c2ccc(F)cc2)c1C1OC1C#N. The van der Waals surface area contributed by atoms with E-state index in [4.69, 9.17) is 10.00 Å². The van der Waals surface area contributed by atoms with Gasteiger partial charge in [0.25, 0.3) is 0 Å². The number of benzene rings is 1. The molecule has 3 rings (SSSR count). The first-order chi connectivity index (χ1) is 12.6. The fourth-order valence-electron chi connectivity index (χ4n) is 2.74. The second-order valence-electron chi connectivity index (χ2n) is 6.67. The first-order valence-electron chi connectivity index (χ1n) is 8.30. The molecule has 7 nitrogen and oxygen atoms in total. The summed E-state index contributed by atoms with van der Waals surface area (Å²) < 4.78 is 43.7. The van der Waals surface area contributed by atoms with E-state index in [2.05, 4.69) is 16.0 Å².